The Labute approximate surface area is 122 Å². The standard InChI is InChI=1S/C17H26N2O/c1-4-17(20)19-15-7-5-6-14(11-15)18-16-10-12(2)8-9-13(16)3/h5-7,11-13,16,18H,4,8-10H2,1-3H3,(H,19,20). The Bertz CT molecular complexity index is 458. The highest BCUT2D eigenvalue weighted by atomic mass is 16.1. The van der Waals surface area contributed by atoms with Crippen molar-refractivity contribution in [1.29, 1.82) is 0 Å². The molecular formula is C17H26N2O. The molecule has 1 amide bonds. The van der Waals surface area contributed by atoms with Crippen LogP contribution in [0, 0.1) is 11.8 Å². The SMILES string of the molecule is CCC(=O)Nc1cccc(NC2CC(C)CCC2C)c1. The predicted molar refractivity (Wildman–Crippen MR) is 85.0 cm³/mol. The molecule has 0 aliphatic heterocycles. The first-order valence-corrected chi connectivity index (χ1v) is 7.75. The average molecular weight is 274 g/mol. The van der Waals surface area contributed by atoms with Crippen molar-refractivity contribution < 1.29 is 4.79 Å². The van der Waals surface area contributed by atoms with Crippen LogP contribution in [0.4, 0.5) is 11.4 Å². The van der Waals surface area contributed by atoms with E-state index in [1.54, 1.807) is 0 Å². The number of amides is 1. The Balaban J connectivity index is 2.01. The van der Waals surface area contributed by atoms with E-state index in [4.69, 9.17) is 0 Å². The van der Waals surface area contributed by atoms with Gasteiger partial charge in [-0.15, -0.1) is 0 Å². The quantitative estimate of drug-likeness (QED) is 0.860. The summed E-state index contributed by atoms with van der Waals surface area (Å²) >= 11 is 0. The lowest BCUT2D eigenvalue weighted by Gasteiger charge is -2.34. The summed E-state index contributed by atoms with van der Waals surface area (Å²) in [7, 11) is 0. The number of carbonyl (C=O) groups is 1. The zero-order chi connectivity index (χ0) is 14.5. The van der Waals surface area contributed by atoms with Gasteiger partial charge >= 0.3 is 0 Å². The predicted octanol–water partition coefficient (Wildman–Crippen LogP) is 4.27. The molecule has 3 unspecified atom stereocenters. The minimum absolute atomic E-state index is 0.0572. The van der Waals surface area contributed by atoms with Gasteiger partial charge in [-0.1, -0.05) is 33.3 Å². The normalized spacial score (nSPS) is 26.1. The summed E-state index contributed by atoms with van der Waals surface area (Å²) in [6, 6.07) is 8.57. The van der Waals surface area contributed by atoms with Crippen LogP contribution in [0.15, 0.2) is 24.3 Å². The first kappa shape index (κ1) is 14.9. The van der Waals surface area contributed by atoms with E-state index in [1.807, 2.05) is 25.1 Å². The molecule has 3 nitrogen and oxygen atoms in total. The van der Waals surface area contributed by atoms with Crippen molar-refractivity contribution in [2.75, 3.05) is 10.6 Å². The average Bonchev–Trinajstić information content (AvgIpc) is 2.43. The maximum atomic E-state index is 11.4. The van der Waals surface area contributed by atoms with Crippen LogP contribution in [0.2, 0.25) is 0 Å². The van der Waals surface area contributed by atoms with Crippen molar-refractivity contribution in [3.05, 3.63) is 24.3 Å². The summed E-state index contributed by atoms with van der Waals surface area (Å²) in [6.07, 6.45) is 4.37. The lowest BCUT2D eigenvalue weighted by atomic mass is 9.80. The van der Waals surface area contributed by atoms with Gasteiger partial charge < -0.3 is 10.6 Å². The first-order chi connectivity index (χ1) is 9.58. The summed E-state index contributed by atoms with van der Waals surface area (Å²) in [5, 5.41) is 6.55. The Morgan fingerprint density at radius 1 is 1.25 bits per heavy atom. The number of benzene rings is 1. The number of carbonyl (C=O) groups excluding carboxylic acids is 1. The molecule has 0 spiro atoms. The molecule has 1 aromatic carbocycles. The largest absolute Gasteiger partial charge is 0.382 e. The molecule has 2 N–H and O–H groups in total. The van der Waals surface area contributed by atoms with Crippen LogP contribution in [-0.4, -0.2) is 11.9 Å². The van der Waals surface area contributed by atoms with Crippen LogP contribution >= 0.6 is 0 Å². The van der Waals surface area contributed by atoms with E-state index < -0.39 is 0 Å². The van der Waals surface area contributed by atoms with Gasteiger partial charge in [-0.25, -0.2) is 0 Å². The third-order valence-corrected chi connectivity index (χ3v) is 4.28. The van der Waals surface area contributed by atoms with E-state index in [0.29, 0.717) is 18.4 Å². The molecule has 0 saturated heterocycles. The van der Waals surface area contributed by atoms with Crippen molar-refractivity contribution >= 4 is 17.3 Å². The molecule has 1 aliphatic rings. The lowest BCUT2D eigenvalue weighted by molar-refractivity contribution is -0.115. The molecule has 3 heteroatoms. The highest BCUT2D eigenvalue weighted by Gasteiger charge is 2.25. The second-order valence-corrected chi connectivity index (χ2v) is 6.13. The summed E-state index contributed by atoms with van der Waals surface area (Å²) in [4.78, 5) is 11.4. The van der Waals surface area contributed by atoms with Crippen molar-refractivity contribution in [3.63, 3.8) is 0 Å². The number of hydrogen-bond donors (Lipinski definition) is 2. The Hall–Kier alpha value is -1.51. The van der Waals surface area contributed by atoms with Crippen LogP contribution in [0.3, 0.4) is 0 Å². The minimum Gasteiger partial charge on any atom is -0.382 e. The van der Waals surface area contributed by atoms with Gasteiger partial charge in [0.2, 0.25) is 5.91 Å². The maximum Gasteiger partial charge on any atom is 0.224 e. The van der Waals surface area contributed by atoms with Gasteiger partial charge in [-0.05, 0) is 42.9 Å². The smallest absolute Gasteiger partial charge is 0.224 e. The van der Waals surface area contributed by atoms with E-state index in [0.717, 1.165) is 17.3 Å². The molecule has 0 aromatic heterocycles. The second-order valence-electron chi connectivity index (χ2n) is 6.13. The number of rotatable bonds is 4. The lowest BCUT2D eigenvalue weighted by Crippen LogP contribution is -2.33. The molecule has 0 bridgehead atoms. The maximum absolute atomic E-state index is 11.4. The van der Waals surface area contributed by atoms with E-state index in [-0.39, 0.29) is 5.91 Å². The Morgan fingerprint density at radius 3 is 2.75 bits per heavy atom. The fourth-order valence-electron chi connectivity index (χ4n) is 2.88. The van der Waals surface area contributed by atoms with E-state index >= 15 is 0 Å². The van der Waals surface area contributed by atoms with Gasteiger partial charge in [-0.2, -0.15) is 0 Å². The first-order valence-electron chi connectivity index (χ1n) is 7.75. The van der Waals surface area contributed by atoms with Gasteiger partial charge in [0.15, 0.2) is 0 Å². The molecule has 110 valence electrons. The van der Waals surface area contributed by atoms with Gasteiger partial charge in [0.05, 0.1) is 0 Å². The monoisotopic (exact) mass is 274 g/mol. The number of nitrogens with one attached hydrogen (secondary N) is 2. The third-order valence-electron chi connectivity index (χ3n) is 4.28. The molecule has 1 saturated carbocycles. The van der Waals surface area contributed by atoms with Crippen LogP contribution in [0.1, 0.15) is 46.5 Å². The second kappa shape index (κ2) is 6.78. The Kier molecular flexibility index (Phi) is 5.05. The van der Waals surface area contributed by atoms with E-state index in [1.165, 1.54) is 19.3 Å². The molecule has 2 rings (SSSR count). The number of hydrogen-bond acceptors (Lipinski definition) is 2. The van der Waals surface area contributed by atoms with Gasteiger partial charge in [0, 0.05) is 23.8 Å². The van der Waals surface area contributed by atoms with Crippen LogP contribution in [0.5, 0.6) is 0 Å². The van der Waals surface area contributed by atoms with Crippen LogP contribution in [0.25, 0.3) is 0 Å². The van der Waals surface area contributed by atoms with Crippen molar-refractivity contribution in [1.82, 2.24) is 0 Å². The zero-order valence-electron chi connectivity index (χ0n) is 12.8. The summed E-state index contributed by atoms with van der Waals surface area (Å²) < 4.78 is 0. The highest BCUT2D eigenvalue weighted by Crippen LogP contribution is 2.31. The van der Waals surface area contributed by atoms with Gasteiger partial charge in [-0.3, -0.25) is 4.79 Å². The molecule has 1 fully saturated rings. The zero-order valence-corrected chi connectivity index (χ0v) is 12.8. The van der Waals surface area contributed by atoms with Crippen molar-refractivity contribution in [3.8, 4) is 0 Å². The van der Waals surface area contributed by atoms with E-state index in [9.17, 15) is 4.79 Å². The summed E-state index contributed by atoms with van der Waals surface area (Å²) in [6.45, 7) is 6.52. The molecule has 20 heavy (non-hydrogen) atoms. The molecule has 3 atom stereocenters. The molecule has 1 aromatic rings. The van der Waals surface area contributed by atoms with Gasteiger partial charge in [0.1, 0.15) is 0 Å². The Morgan fingerprint density at radius 2 is 2.00 bits per heavy atom. The van der Waals surface area contributed by atoms with Crippen molar-refractivity contribution in [2.45, 2.75) is 52.5 Å². The van der Waals surface area contributed by atoms with E-state index in [2.05, 4.69) is 30.5 Å². The van der Waals surface area contributed by atoms with Crippen LogP contribution in [-0.2, 0) is 4.79 Å². The summed E-state index contributed by atoms with van der Waals surface area (Å²) in [5.41, 5.74) is 1.98. The molecule has 1 aliphatic carbocycles. The van der Waals surface area contributed by atoms with Gasteiger partial charge in [0.25, 0.3) is 0 Å². The number of anilines is 2. The fourth-order valence-corrected chi connectivity index (χ4v) is 2.88. The molecule has 0 heterocycles. The minimum atomic E-state index is 0.0572. The fraction of sp³-hybridized carbons (Fsp3) is 0.588. The third kappa shape index (κ3) is 3.99. The molecule has 0 radical (unpaired) electrons. The molecular weight excluding hydrogens is 248 g/mol. The summed E-state index contributed by atoms with van der Waals surface area (Å²) in [5.74, 6) is 1.56. The van der Waals surface area contributed by atoms with Crippen molar-refractivity contribution in [2.24, 2.45) is 11.8 Å². The topological polar surface area (TPSA) is 41.1 Å². The highest BCUT2D eigenvalue weighted by molar-refractivity contribution is 5.90. The van der Waals surface area contributed by atoms with Crippen LogP contribution < -0.4 is 10.6 Å².